The van der Waals surface area contributed by atoms with Crippen LogP contribution in [0.3, 0.4) is 0 Å². The second-order valence-electron chi connectivity index (χ2n) is 3.53. The molecule has 1 aromatic carbocycles. The predicted octanol–water partition coefficient (Wildman–Crippen LogP) is 3.00. The van der Waals surface area contributed by atoms with Gasteiger partial charge < -0.3 is 10.1 Å². The quantitative estimate of drug-likeness (QED) is 0.865. The zero-order valence-electron chi connectivity index (χ0n) is 9.68. The van der Waals surface area contributed by atoms with E-state index in [0.29, 0.717) is 11.4 Å². The molecule has 0 aliphatic heterocycles. The number of carbonyl (C=O) groups excluding carboxylic acids is 1. The summed E-state index contributed by atoms with van der Waals surface area (Å²) < 4.78 is 5.07. The summed E-state index contributed by atoms with van der Waals surface area (Å²) in [7, 11) is 1.57. The third-order valence-corrected chi connectivity index (χ3v) is 2.49. The highest BCUT2D eigenvalue weighted by molar-refractivity contribution is 6.29. The molecule has 18 heavy (non-hydrogen) atoms. The largest absolute Gasteiger partial charge is 0.497 e. The molecule has 2 aromatic rings. The molecule has 0 aliphatic carbocycles. The third kappa shape index (κ3) is 2.99. The van der Waals surface area contributed by atoms with E-state index in [2.05, 4.69) is 10.3 Å². The van der Waals surface area contributed by atoms with Crippen LogP contribution in [0.4, 0.5) is 5.69 Å². The first-order chi connectivity index (χ1) is 8.69. The number of ether oxygens (including phenoxy) is 1. The van der Waals surface area contributed by atoms with Gasteiger partial charge in [0.05, 0.1) is 7.11 Å². The number of amides is 1. The zero-order valence-corrected chi connectivity index (χ0v) is 10.4. The van der Waals surface area contributed by atoms with Crippen LogP contribution in [0, 0.1) is 0 Å². The maximum absolute atomic E-state index is 11.9. The molecular weight excluding hydrogens is 252 g/mol. The van der Waals surface area contributed by atoms with Crippen LogP contribution in [0.1, 0.15) is 10.5 Å². The highest BCUT2D eigenvalue weighted by Crippen LogP contribution is 2.17. The molecule has 1 N–H and O–H groups in total. The number of pyridine rings is 1. The Bertz CT molecular complexity index is 572. The van der Waals surface area contributed by atoms with Crippen LogP contribution in [0.25, 0.3) is 0 Å². The van der Waals surface area contributed by atoms with Gasteiger partial charge in [-0.05, 0) is 24.3 Å². The number of nitrogens with one attached hydrogen (secondary N) is 1. The number of rotatable bonds is 3. The van der Waals surface area contributed by atoms with E-state index in [-0.39, 0.29) is 16.8 Å². The highest BCUT2D eigenvalue weighted by atomic mass is 35.5. The van der Waals surface area contributed by atoms with Crippen molar-refractivity contribution < 1.29 is 9.53 Å². The lowest BCUT2D eigenvalue weighted by atomic mass is 10.3. The minimum atomic E-state index is -0.314. The minimum Gasteiger partial charge on any atom is -0.497 e. The molecule has 0 spiro atoms. The summed E-state index contributed by atoms with van der Waals surface area (Å²) in [5.74, 6) is 0.359. The molecule has 0 bridgehead atoms. The first-order valence-electron chi connectivity index (χ1n) is 5.27. The Kier molecular flexibility index (Phi) is 3.79. The number of hydrogen-bond acceptors (Lipinski definition) is 3. The highest BCUT2D eigenvalue weighted by Gasteiger charge is 2.08. The van der Waals surface area contributed by atoms with Crippen molar-refractivity contribution in [2.75, 3.05) is 12.4 Å². The molecule has 0 unspecified atom stereocenters. The molecule has 1 amide bonds. The van der Waals surface area contributed by atoms with Crippen molar-refractivity contribution >= 4 is 23.2 Å². The van der Waals surface area contributed by atoms with Crippen LogP contribution in [0.2, 0.25) is 5.15 Å². The van der Waals surface area contributed by atoms with Crippen molar-refractivity contribution in [1.29, 1.82) is 0 Å². The molecule has 5 heteroatoms. The van der Waals surface area contributed by atoms with Gasteiger partial charge in [-0.1, -0.05) is 23.7 Å². The molecule has 0 saturated carbocycles. The molecule has 92 valence electrons. The van der Waals surface area contributed by atoms with Crippen LogP contribution in [-0.2, 0) is 0 Å². The molecule has 0 saturated heterocycles. The molecule has 4 nitrogen and oxygen atoms in total. The molecule has 0 aliphatic rings. The molecule has 0 fully saturated rings. The van der Waals surface area contributed by atoms with Crippen LogP contribution < -0.4 is 10.1 Å². The number of benzene rings is 1. The summed E-state index contributed by atoms with van der Waals surface area (Å²) in [4.78, 5) is 15.8. The second kappa shape index (κ2) is 5.51. The van der Waals surface area contributed by atoms with Crippen molar-refractivity contribution in [3.8, 4) is 5.75 Å². The van der Waals surface area contributed by atoms with Gasteiger partial charge >= 0.3 is 0 Å². The second-order valence-corrected chi connectivity index (χ2v) is 3.92. The molecule has 0 atom stereocenters. The van der Waals surface area contributed by atoms with Gasteiger partial charge in [0.15, 0.2) is 0 Å². The van der Waals surface area contributed by atoms with E-state index >= 15 is 0 Å². The number of hydrogen-bond donors (Lipinski definition) is 1. The predicted molar refractivity (Wildman–Crippen MR) is 70.2 cm³/mol. The van der Waals surface area contributed by atoms with Gasteiger partial charge in [-0.2, -0.15) is 0 Å². The fourth-order valence-corrected chi connectivity index (χ4v) is 1.59. The Labute approximate surface area is 110 Å². The van der Waals surface area contributed by atoms with E-state index in [4.69, 9.17) is 16.3 Å². The standard InChI is InChI=1S/C13H11ClN2O2/c1-18-10-5-2-4-9(8-10)15-13(17)11-6-3-7-12(14)16-11/h2-8H,1H3,(H,15,17). The molecule has 1 aromatic heterocycles. The first-order valence-corrected chi connectivity index (χ1v) is 5.65. The summed E-state index contributed by atoms with van der Waals surface area (Å²) in [5.41, 5.74) is 0.909. The fourth-order valence-electron chi connectivity index (χ4n) is 1.43. The Morgan fingerprint density at radius 1 is 1.28 bits per heavy atom. The zero-order chi connectivity index (χ0) is 13.0. The maximum Gasteiger partial charge on any atom is 0.274 e. The van der Waals surface area contributed by atoms with E-state index in [1.165, 1.54) is 0 Å². The summed E-state index contributed by atoms with van der Waals surface area (Å²) in [6.45, 7) is 0. The van der Waals surface area contributed by atoms with Gasteiger partial charge in [-0.3, -0.25) is 4.79 Å². The Morgan fingerprint density at radius 2 is 2.06 bits per heavy atom. The van der Waals surface area contributed by atoms with Gasteiger partial charge in [0, 0.05) is 11.8 Å². The average molecular weight is 263 g/mol. The first kappa shape index (κ1) is 12.4. The summed E-state index contributed by atoms with van der Waals surface area (Å²) in [6, 6.07) is 12.0. The summed E-state index contributed by atoms with van der Waals surface area (Å²) in [5, 5.41) is 3.01. The van der Waals surface area contributed by atoms with Crippen LogP contribution in [-0.4, -0.2) is 18.0 Å². The lowest BCUT2D eigenvalue weighted by molar-refractivity contribution is 0.102. The summed E-state index contributed by atoms with van der Waals surface area (Å²) >= 11 is 5.73. The van der Waals surface area contributed by atoms with Crippen molar-refractivity contribution in [2.45, 2.75) is 0 Å². The number of anilines is 1. The van der Waals surface area contributed by atoms with Crippen LogP contribution in [0.5, 0.6) is 5.75 Å². The van der Waals surface area contributed by atoms with Crippen molar-refractivity contribution in [2.24, 2.45) is 0 Å². The topological polar surface area (TPSA) is 51.2 Å². The maximum atomic E-state index is 11.9. The van der Waals surface area contributed by atoms with Crippen molar-refractivity contribution in [1.82, 2.24) is 4.98 Å². The lowest BCUT2D eigenvalue weighted by Gasteiger charge is -2.06. The van der Waals surface area contributed by atoms with Crippen LogP contribution in [0.15, 0.2) is 42.5 Å². The molecular formula is C13H11ClN2O2. The third-order valence-electron chi connectivity index (χ3n) is 2.28. The number of methoxy groups -OCH3 is 1. The number of aromatic nitrogens is 1. The van der Waals surface area contributed by atoms with Gasteiger partial charge in [0.2, 0.25) is 0 Å². The van der Waals surface area contributed by atoms with E-state index in [0.717, 1.165) is 0 Å². The fraction of sp³-hybridized carbons (Fsp3) is 0.0769. The van der Waals surface area contributed by atoms with Crippen molar-refractivity contribution in [3.05, 3.63) is 53.3 Å². The normalized spacial score (nSPS) is 9.89. The summed E-state index contributed by atoms with van der Waals surface area (Å²) in [6.07, 6.45) is 0. The minimum absolute atomic E-state index is 0.269. The van der Waals surface area contributed by atoms with E-state index in [1.54, 1.807) is 49.6 Å². The van der Waals surface area contributed by atoms with E-state index in [9.17, 15) is 4.79 Å². The number of halogens is 1. The smallest absolute Gasteiger partial charge is 0.274 e. The monoisotopic (exact) mass is 262 g/mol. The molecule has 2 rings (SSSR count). The Hall–Kier alpha value is -2.07. The van der Waals surface area contributed by atoms with Gasteiger partial charge in [0.25, 0.3) is 5.91 Å². The van der Waals surface area contributed by atoms with Gasteiger partial charge in [0.1, 0.15) is 16.6 Å². The molecule has 0 radical (unpaired) electrons. The van der Waals surface area contributed by atoms with Crippen molar-refractivity contribution in [3.63, 3.8) is 0 Å². The van der Waals surface area contributed by atoms with Crippen LogP contribution >= 0.6 is 11.6 Å². The average Bonchev–Trinajstić information content (AvgIpc) is 2.39. The van der Waals surface area contributed by atoms with Gasteiger partial charge in [-0.15, -0.1) is 0 Å². The SMILES string of the molecule is COc1cccc(NC(=O)c2cccc(Cl)n2)c1. The molecule has 1 heterocycles. The Balaban J connectivity index is 2.16. The van der Waals surface area contributed by atoms with E-state index < -0.39 is 0 Å². The van der Waals surface area contributed by atoms with Gasteiger partial charge in [-0.25, -0.2) is 4.98 Å². The number of carbonyl (C=O) groups is 1. The Morgan fingerprint density at radius 3 is 2.78 bits per heavy atom. The lowest BCUT2D eigenvalue weighted by Crippen LogP contribution is -2.13. The number of nitrogens with zero attached hydrogens (tertiary/aromatic N) is 1. The van der Waals surface area contributed by atoms with E-state index in [1.807, 2.05) is 0 Å².